The molecule has 0 saturated carbocycles. The smallest absolute Gasteiger partial charge is 0.293 e. The van der Waals surface area contributed by atoms with E-state index in [9.17, 15) is 14.9 Å². The van der Waals surface area contributed by atoms with Gasteiger partial charge in [-0.25, -0.2) is 0 Å². The zero-order valence-corrected chi connectivity index (χ0v) is 11.4. The Labute approximate surface area is 124 Å². The van der Waals surface area contributed by atoms with Crippen LogP contribution in [0.15, 0.2) is 48.7 Å². The van der Waals surface area contributed by atoms with Gasteiger partial charge in [-0.05, 0) is 12.1 Å². The van der Waals surface area contributed by atoms with Crippen LogP contribution in [-0.4, -0.2) is 15.7 Å². The van der Waals surface area contributed by atoms with Crippen molar-refractivity contribution in [3.8, 4) is 0 Å². The molecule has 1 aromatic heterocycles. The van der Waals surface area contributed by atoms with Crippen LogP contribution in [0.4, 0.5) is 5.69 Å². The average molecular weight is 301 g/mol. The molecule has 0 bridgehead atoms. The predicted molar refractivity (Wildman–Crippen MR) is 79.8 cm³/mol. The molecular formula is C15H9ClN2O3. The third-order valence-corrected chi connectivity index (χ3v) is 3.46. The molecule has 2 aromatic carbocycles. The fourth-order valence-electron chi connectivity index (χ4n) is 2.26. The number of nitro groups is 1. The third kappa shape index (κ3) is 2.28. The number of nitro benzene ring substituents is 1. The largest absolute Gasteiger partial charge is 0.355 e. The Bertz CT molecular complexity index is 870. The summed E-state index contributed by atoms with van der Waals surface area (Å²) in [6, 6.07) is 11.2. The number of aromatic amines is 1. The quantitative estimate of drug-likeness (QED) is 0.452. The zero-order valence-electron chi connectivity index (χ0n) is 10.7. The lowest BCUT2D eigenvalue weighted by Crippen LogP contribution is -2.00. The number of fused-ring (bicyclic) bond motifs is 1. The Balaban J connectivity index is 2.16. The molecule has 104 valence electrons. The number of H-pyrrole nitrogens is 1. The van der Waals surface area contributed by atoms with Gasteiger partial charge in [0, 0.05) is 33.8 Å². The SMILES string of the molecule is O=C(c1cccc(Cl)c1)c1c[nH]c2c([N+](=O)[O-])cccc12. The first-order valence-electron chi connectivity index (χ1n) is 6.12. The molecule has 0 amide bonds. The fourth-order valence-corrected chi connectivity index (χ4v) is 2.45. The van der Waals surface area contributed by atoms with E-state index in [0.717, 1.165) is 0 Å². The fraction of sp³-hybridized carbons (Fsp3) is 0. The van der Waals surface area contributed by atoms with Crippen LogP contribution < -0.4 is 0 Å². The number of ketones is 1. The molecule has 3 aromatic rings. The summed E-state index contributed by atoms with van der Waals surface area (Å²) >= 11 is 5.89. The molecule has 6 heteroatoms. The molecule has 1 heterocycles. The van der Waals surface area contributed by atoms with Crippen LogP contribution in [0, 0.1) is 10.1 Å². The number of hydrogen-bond acceptors (Lipinski definition) is 3. The Kier molecular flexibility index (Phi) is 3.19. The molecule has 21 heavy (non-hydrogen) atoms. The highest BCUT2D eigenvalue weighted by atomic mass is 35.5. The Hall–Kier alpha value is -2.66. The van der Waals surface area contributed by atoms with Crippen LogP contribution in [0.5, 0.6) is 0 Å². The summed E-state index contributed by atoms with van der Waals surface area (Å²) in [5, 5.41) is 12.0. The van der Waals surface area contributed by atoms with Crippen molar-refractivity contribution in [2.24, 2.45) is 0 Å². The van der Waals surface area contributed by atoms with E-state index in [-0.39, 0.29) is 11.5 Å². The van der Waals surface area contributed by atoms with E-state index in [0.29, 0.717) is 27.1 Å². The first kappa shape index (κ1) is 13.3. The van der Waals surface area contributed by atoms with Crippen molar-refractivity contribution in [3.05, 3.63) is 74.9 Å². The summed E-state index contributed by atoms with van der Waals surface area (Å²) in [5.41, 5.74) is 1.11. The molecule has 0 unspecified atom stereocenters. The van der Waals surface area contributed by atoms with E-state index in [1.807, 2.05) is 0 Å². The van der Waals surface area contributed by atoms with E-state index in [4.69, 9.17) is 11.6 Å². The van der Waals surface area contributed by atoms with Crippen molar-refractivity contribution in [2.75, 3.05) is 0 Å². The Morgan fingerprint density at radius 3 is 2.67 bits per heavy atom. The molecule has 0 saturated heterocycles. The van der Waals surface area contributed by atoms with Gasteiger partial charge in [-0.2, -0.15) is 0 Å². The number of hydrogen-bond donors (Lipinski definition) is 1. The maximum absolute atomic E-state index is 12.5. The van der Waals surface area contributed by atoms with Gasteiger partial charge in [0.25, 0.3) is 5.69 Å². The summed E-state index contributed by atoms with van der Waals surface area (Å²) in [6.45, 7) is 0. The molecule has 0 spiro atoms. The van der Waals surface area contributed by atoms with Gasteiger partial charge in [0.05, 0.1) is 4.92 Å². The van der Waals surface area contributed by atoms with Crippen molar-refractivity contribution in [1.29, 1.82) is 0 Å². The highest BCUT2D eigenvalue weighted by Crippen LogP contribution is 2.28. The Morgan fingerprint density at radius 1 is 1.19 bits per heavy atom. The monoisotopic (exact) mass is 300 g/mol. The number of carbonyl (C=O) groups is 1. The summed E-state index contributed by atoms with van der Waals surface area (Å²) in [6.07, 6.45) is 1.49. The van der Waals surface area contributed by atoms with Crippen LogP contribution in [0.2, 0.25) is 5.02 Å². The van der Waals surface area contributed by atoms with Crippen LogP contribution in [0.3, 0.4) is 0 Å². The number of para-hydroxylation sites is 1. The van der Waals surface area contributed by atoms with E-state index in [1.54, 1.807) is 36.4 Å². The van der Waals surface area contributed by atoms with E-state index >= 15 is 0 Å². The number of non-ortho nitro benzene ring substituents is 1. The summed E-state index contributed by atoms with van der Waals surface area (Å²) in [5.74, 6) is -0.232. The second-order valence-corrected chi connectivity index (χ2v) is 4.94. The average Bonchev–Trinajstić information content (AvgIpc) is 2.90. The van der Waals surface area contributed by atoms with Crippen LogP contribution >= 0.6 is 11.6 Å². The standard InChI is InChI=1S/C15H9ClN2O3/c16-10-4-1-3-9(7-10)15(19)12-8-17-14-11(12)5-2-6-13(14)18(20)21/h1-8,17H. The lowest BCUT2D eigenvalue weighted by molar-refractivity contribution is -0.383. The minimum Gasteiger partial charge on any atom is -0.355 e. The van der Waals surface area contributed by atoms with E-state index in [2.05, 4.69) is 4.98 Å². The van der Waals surface area contributed by atoms with Gasteiger partial charge in [0.15, 0.2) is 5.78 Å². The number of aromatic nitrogens is 1. The van der Waals surface area contributed by atoms with Crippen molar-refractivity contribution >= 4 is 34.0 Å². The van der Waals surface area contributed by atoms with E-state index in [1.165, 1.54) is 12.3 Å². The molecule has 0 aliphatic carbocycles. The number of nitrogens with zero attached hydrogens (tertiary/aromatic N) is 1. The van der Waals surface area contributed by atoms with Crippen LogP contribution in [-0.2, 0) is 0 Å². The number of carbonyl (C=O) groups excluding carboxylic acids is 1. The second-order valence-electron chi connectivity index (χ2n) is 4.50. The minimum atomic E-state index is -0.480. The van der Waals surface area contributed by atoms with Gasteiger partial charge in [0.2, 0.25) is 0 Å². The Morgan fingerprint density at radius 2 is 1.95 bits per heavy atom. The normalized spacial score (nSPS) is 10.7. The van der Waals surface area contributed by atoms with Crippen molar-refractivity contribution in [3.63, 3.8) is 0 Å². The van der Waals surface area contributed by atoms with Gasteiger partial charge in [-0.3, -0.25) is 14.9 Å². The molecule has 5 nitrogen and oxygen atoms in total. The molecule has 0 radical (unpaired) electrons. The van der Waals surface area contributed by atoms with Gasteiger partial charge >= 0.3 is 0 Å². The van der Waals surface area contributed by atoms with Gasteiger partial charge in [0.1, 0.15) is 5.52 Å². The topological polar surface area (TPSA) is 76.0 Å². The zero-order chi connectivity index (χ0) is 15.0. The number of halogens is 1. The highest BCUT2D eigenvalue weighted by molar-refractivity contribution is 6.31. The lowest BCUT2D eigenvalue weighted by atomic mass is 10.0. The molecule has 0 atom stereocenters. The highest BCUT2D eigenvalue weighted by Gasteiger charge is 2.19. The molecule has 0 fully saturated rings. The van der Waals surface area contributed by atoms with Gasteiger partial charge in [-0.1, -0.05) is 35.9 Å². The second kappa shape index (κ2) is 5.03. The van der Waals surface area contributed by atoms with Gasteiger partial charge < -0.3 is 4.98 Å². The van der Waals surface area contributed by atoms with Crippen molar-refractivity contribution in [1.82, 2.24) is 4.98 Å². The predicted octanol–water partition coefficient (Wildman–Crippen LogP) is 3.96. The molecular weight excluding hydrogens is 292 g/mol. The van der Waals surface area contributed by atoms with Crippen molar-refractivity contribution < 1.29 is 9.72 Å². The maximum atomic E-state index is 12.5. The third-order valence-electron chi connectivity index (χ3n) is 3.22. The first-order chi connectivity index (χ1) is 10.1. The first-order valence-corrected chi connectivity index (χ1v) is 6.50. The summed E-state index contributed by atoms with van der Waals surface area (Å²) in [4.78, 5) is 25.8. The van der Waals surface area contributed by atoms with Crippen LogP contribution in [0.1, 0.15) is 15.9 Å². The number of benzene rings is 2. The number of nitrogens with one attached hydrogen (secondary N) is 1. The lowest BCUT2D eigenvalue weighted by Gasteiger charge is -2.00. The minimum absolute atomic E-state index is 0.0577. The summed E-state index contributed by atoms with van der Waals surface area (Å²) < 4.78 is 0. The van der Waals surface area contributed by atoms with Crippen LogP contribution in [0.25, 0.3) is 10.9 Å². The number of rotatable bonds is 3. The van der Waals surface area contributed by atoms with E-state index < -0.39 is 4.92 Å². The van der Waals surface area contributed by atoms with Gasteiger partial charge in [-0.15, -0.1) is 0 Å². The molecule has 0 aliphatic heterocycles. The molecule has 1 N–H and O–H groups in total. The molecule has 3 rings (SSSR count). The van der Waals surface area contributed by atoms with Crippen molar-refractivity contribution in [2.45, 2.75) is 0 Å². The maximum Gasteiger partial charge on any atom is 0.293 e. The molecule has 0 aliphatic rings. The summed E-state index contributed by atoms with van der Waals surface area (Å²) in [7, 11) is 0.